The number of hydrogen-bond acceptors (Lipinski definition) is 6. The number of pyridine rings is 1. The number of rotatable bonds is 6. The van der Waals surface area contributed by atoms with E-state index in [0.29, 0.717) is 20.1 Å². The fraction of sp³-hybridized carbons (Fsp3) is 0.130. The van der Waals surface area contributed by atoms with Gasteiger partial charge in [0, 0.05) is 31.0 Å². The molecule has 1 amide bonds. The van der Waals surface area contributed by atoms with Crippen molar-refractivity contribution < 1.29 is 27.6 Å². The number of aromatic hydroxyl groups is 1. The van der Waals surface area contributed by atoms with Crippen LogP contribution in [0.25, 0.3) is 11.4 Å². The minimum atomic E-state index is -4.51. The predicted molar refractivity (Wildman–Crippen MR) is 126 cm³/mol. The van der Waals surface area contributed by atoms with Crippen molar-refractivity contribution in [3.8, 4) is 17.1 Å². The summed E-state index contributed by atoms with van der Waals surface area (Å²) in [5, 5.41) is 13.7. The largest absolute Gasteiger partial charge is 0.506 e. The van der Waals surface area contributed by atoms with Gasteiger partial charge in [0.1, 0.15) is 5.75 Å². The summed E-state index contributed by atoms with van der Waals surface area (Å²) in [6.07, 6.45) is -1.39. The minimum absolute atomic E-state index is 0.0164. The zero-order chi connectivity index (χ0) is 25.2. The summed E-state index contributed by atoms with van der Waals surface area (Å²) in [7, 11) is 0. The third-order valence-corrected chi connectivity index (χ3v) is 6.10. The molecule has 0 saturated carbocycles. The third kappa shape index (κ3) is 5.88. The second kappa shape index (κ2) is 10.2. The van der Waals surface area contributed by atoms with Crippen LogP contribution in [0.2, 0.25) is 0 Å². The van der Waals surface area contributed by atoms with Gasteiger partial charge in [-0.15, -0.1) is 0 Å². The maximum absolute atomic E-state index is 13.3. The zero-order valence-corrected chi connectivity index (χ0v) is 20.8. The lowest BCUT2D eigenvalue weighted by Gasteiger charge is -2.21. The molecule has 2 heterocycles. The molecule has 0 radical (unpaired) electrons. The van der Waals surface area contributed by atoms with Gasteiger partial charge >= 0.3 is 18.0 Å². The molecule has 0 atom stereocenters. The van der Waals surface area contributed by atoms with E-state index < -0.39 is 17.6 Å². The first-order chi connectivity index (χ1) is 16.6. The molecular weight excluding hydrogens is 597 g/mol. The summed E-state index contributed by atoms with van der Waals surface area (Å²) in [4.78, 5) is 22.8. The Labute approximate surface area is 213 Å². The van der Waals surface area contributed by atoms with E-state index in [1.165, 1.54) is 17.0 Å². The van der Waals surface area contributed by atoms with Crippen LogP contribution in [0.1, 0.15) is 27.4 Å². The van der Waals surface area contributed by atoms with Crippen LogP contribution in [0, 0.1) is 0 Å². The highest BCUT2D eigenvalue weighted by molar-refractivity contribution is 9.11. The number of phenolic OH excluding ortho intramolecular Hbond substituents is 1. The van der Waals surface area contributed by atoms with Crippen LogP contribution in [0.5, 0.6) is 5.75 Å². The number of phenols is 1. The molecule has 0 aliphatic rings. The Morgan fingerprint density at radius 2 is 1.71 bits per heavy atom. The minimum Gasteiger partial charge on any atom is -0.506 e. The first-order valence-electron chi connectivity index (χ1n) is 9.98. The molecule has 2 aromatic carbocycles. The molecule has 4 aromatic rings. The highest BCUT2D eigenvalue weighted by atomic mass is 79.9. The number of carbonyl (C=O) groups excluding carboxylic acids is 1. The summed E-state index contributed by atoms with van der Waals surface area (Å²) >= 11 is 6.44. The van der Waals surface area contributed by atoms with Crippen LogP contribution < -0.4 is 0 Å². The number of halogens is 5. The lowest BCUT2D eigenvalue weighted by molar-refractivity contribution is -0.137. The van der Waals surface area contributed by atoms with Crippen LogP contribution in [-0.4, -0.2) is 31.0 Å². The Morgan fingerprint density at radius 1 is 1.03 bits per heavy atom. The number of nitrogens with zero attached hydrogens (tertiary/aromatic N) is 4. The van der Waals surface area contributed by atoms with E-state index in [1.54, 1.807) is 36.7 Å². The number of carbonyl (C=O) groups is 1. The highest BCUT2D eigenvalue weighted by Gasteiger charge is 2.31. The molecule has 1 N–H and O–H groups in total. The third-order valence-electron chi connectivity index (χ3n) is 4.90. The Morgan fingerprint density at radius 3 is 2.37 bits per heavy atom. The van der Waals surface area contributed by atoms with Crippen molar-refractivity contribution in [2.45, 2.75) is 19.3 Å². The average Bonchev–Trinajstić information content (AvgIpc) is 3.32. The molecule has 7 nitrogen and oxygen atoms in total. The summed E-state index contributed by atoms with van der Waals surface area (Å²) in [6, 6.07) is 11.3. The van der Waals surface area contributed by atoms with E-state index in [2.05, 4.69) is 47.0 Å². The van der Waals surface area contributed by atoms with Crippen LogP contribution in [0.15, 0.2) is 74.4 Å². The van der Waals surface area contributed by atoms with Gasteiger partial charge in [0.25, 0.3) is 0 Å². The van der Waals surface area contributed by atoms with E-state index in [-0.39, 0.29) is 36.1 Å². The van der Waals surface area contributed by atoms with Gasteiger partial charge in [-0.25, -0.2) is 0 Å². The molecule has 0 spiro atoms. The summed E-state index contributed by atoms with van der Waals surface area (Å²) in [5.74, 6) is -0.925. The van der Waals surface area contributed by atoms with E-state index in [0.717, 1.165) is 12.1 Å². The lowest BCUT2D eigenvalue weighted by Crippen LogP contribution is -2.30. The number of alkyl halides is 3. The Kier molecular flexibility index (Phi) is 7.22. The average molecular weight is 612 g/mol. The second-order valence-electron chi connectivity index (χ2n) is 7.43. The standard InChI is InChI=1S/C23H15Br2F3N4O3/c24-17-8-15(9-18(25)19(17)33)20-30-21(35-31-20)22(34)32(12-14-4-2-6-29-10-14)11-13-3-1-5-16(7-13)23(26,27)28/h1-10,33H,11-12H2. The quantitative estimate of drug-likeness (QED) is 0.278. The molecule has 4 rings (SSSR count). The number of hydrogen-bond donors (Lipinski definition) is 1. The van der Waals surface area contributed by atoms with Gasteiger partial charge in [0.2, 0.25) is 5.82 Å². The van der Waals surface area contributed by atoms with E-state index in [4.69, 9.17) is 4.52 Å². The first kappa shape index (κ1) is 24.9. The molecule has 2 aromatic heterocycles. The van der Waals surface area contributed by atoms with E-state index in [9.17, 15) is 23.1 Å². The van der Waals surface area contributed by atoms with Crippen molar-refractivity contribution in [2.75, 3.05) is 0 Å². The molecule has 180 valence electrons. The zero-order valence-electron chi connectivity index (χ0n) is 17.6. The maximum atomic E-state index is 13.3. The van der Waals surface area contributed by atoms with Crippen LogP contribution >= 0.6 is 31.9 Å². The molecule has 12 heteroatoms. The maximum Gasteiger partial charge on any atom is 0.416 e. The molecule has 0 fully saturated rings. The molecule has 0 saturated heterocycles. The SMILES string of the molecule is O=C(c1nc(-c2cc(Br)c(O)c(Br)c2)no1)N(Cc1cccnc1)Cc1cccc(C(F)(F)F)c1. The van der Waals surface area contributed by atoms with Crippen LogP contribution in [0.3, 0.4) is 0 Å². The summed E-state index contributed by atoms with van der Waals surface area (Å²) < 4.78 is 45.5. The van der Waals surface area contributed by atoms with Crippen molar-refractivity contribution in [2.24, 2.45) is 0 Å². The Bertz CT molecular complexity index is 1340. The molecule has 35 heavy (non-hydrogen) atoms. The second-order valence-corrected chi connectivity index (χ2v) is 9.14. The topological polar surface area (TPSA) is 92.3 Å². The van der Waals surface area contributed by atoms with Crippen molar-refractivity contribution in [1.29, 1.82) is 0 Å². The fourth-order valence-corrected chi connectivity index (χ4v) is 4.42. The number of benzene rings is 2. The monoisotopic (exact) mass is 610 g/mol. The lowest BCUT2D eigenvalue weighted by atomic mass is 10.1. The fourth-order valence-electron chi connectivity index (χ4n) is 3.24. The van der Waals surface area contributed by atoms with Gasteiger partial charge in [-0.3, -0.25) is 9.78 Å². The van der Waals surface area contributed by atoms with Crippen molar-refractivity contribution >= 4 is 37.8 Å². The summed E-state index contributed by atoms with van der Waals surface area (Å²) in [6.45, 7) is -0.0807. The molecular formula is C23H15Br2F3N4O3. The molecule has 0 bridgehead atoms. The van der Waals surface area contributed by atoms with Gasteiger partial charge in [-0.1, -0.05) is 23.4 Å². The van der Waals surface area contributed by atoms with Crippen LogP contribution in [-0.2, 0) is 19.3 Å². The normalized spacial score (nSPS) is 11.5. The smallest absolute Gasteiger partial charge is 0.416 e. The van der Waals surface area contributed by atoms with Crippen molar-refractivity contribution in [3.63, 3.8) is 0 Å². The van der Waals surface area contributed by atoms with Gasteiger partial charge in [0.15, 0.2) is 0 Å². The van der Waals surface area contributed by atoms with Crippen molar-refractivity contribution in [1.82, 2.24) is 20.0 Å². The Hall–Kier alpha value is -3.25. The van der Waals surface area contributed by atoms with Gasteiger partial charge in [-0.05, 0) is 73.3 Å². The molecule has 0 aliphatic heterocycles. The van der Waals surface area contributed by atoms with E-state index >= 15 is 0 Å². The number of amides is 1. The Balaban J connectivity index is 1.65. The molecule has 0 unspecified atom stereocenters. The first-order valence-corrected chi connectivity index (χ1v) is 11.6. The van der Waals surface area contributed by atoms with Gasteiger partial charge in [-0.2, -0.15) is 18.2 Å². The summed E-state index contributed by atoms with van der Waals surface area (Å²) in [5.41, 5.74) is 0.593. The number of aromatic nitrogens is 3. The predicted octanol–water partition coefficient (Wildman–Crippen LogP) is 6.22. The highest BCUT2D eigenvalue weighted by Crippen LogP contribution is 2.36. The van der Waals surface area contributed by atoms with Gasteiger partial charge < -0.3 is 14.5 Å². The molecule has 0 aliphatic carbocycles. The van der Waals surface area contributed by atoms with Gasteiger partial charge in [0.05, 0.1) is 14.5 Å². The van der Waals surface area contributed by atoms with E-state index in [1.807, 2.05) is 0 Å². The van der Waals surface area contributed by atoms with Crippen molar-refractivity contribution in [3.05, 3.63) is 92.5 Å². The van der Waals surface area contributed by atoms with Crippen LogP contribution in [0.4, 0.5) is 13.2 Å².